The molecule has 2 aromatic rings. The minimum atomic E-state index is -0.163. The number of fused-ring (bicyclic) bond motifs is 1. The van der Waals surface area contributed by atoms with Gasteiger partial charge in [0.2, 0.25) is 18.6 Å². The van der Waals surface area contributed by atoms with E-state index in [1.54, 1.807) is 62.6 Å². The molecule has 0 unspecified atom stereocenters. The van der Waals surface area contributed by atoms with E-state index in [4.69, 9.17) is 23.7 Å². The molecule has 0 saturated carbocycles. The van der Waals surface area contributed by atoms with Crippen LogP contribution in [0.3, 0.4) is 0 Å². The molecule has 0 radical (unpaired) electrons. The van der Waals surface area contributed by atoms with Gasteiger partial charge in [-0.2, -0.15) is 0 Å². The zero-order valence-electron chi connectivity index (χ0n) is 19.5. The first-order valence-electron chi connectivity index (χ1n) is 11.0. The van der Waals surface area contributed by atoms with E-state index in [9.17, 15) is 9.59 Å². The first kappa shape index (κ1) is 23.3. The molecular weight excluding hydrogens is 440 g/mol. The van der Waals surface area contributed by atoms with Crippen LogP contribution in [0, 0.1) is 5.92 Å². The number of hydrogen-bond donors (Lipinski definition) is 1. The normalized spacial score (nSPS) is 15.3. The summed E-state index contributed by atoms with van der Waals surface area (Å²) in [6, 6.07) is 8.80. The Morgan fingerprint density at radius 2 is 1.62 bits per heavy atom. The molecule has 2 aliphatic heterocycles. The van der Waals surface area contributed by atoms with Gasteiger partial charge in [-0.05, 0) is 37.1 Å². The highest BCUT2D eigenvalue weighted by molar-refractivity contribution is 5.94. The molecule has 9 heteroatoms. The van der Waals surface area contributed by atoms with Crippen molar-refractivity contribution in [2.24, 2.45) is 5.92 Å². The molecule has 2 aromatic carbocycles. The Bertz CT molecular complexity index is 1090. The van der Waals surface area contributed by atoms with Crippen LogP contribution in [0.4, 0.5) is 5.69 Å². The van der Waals surface area contributed by atoms with Crippen LogP contribution in [0.1, 0.15) is 18.4 Å². The molecule has 1 fully saturated rings. The number of amides is 2. The number of anilines is 1. The number of rotatable bonds is 7. The summed E-state index contributed by atoms with van der Waals surface area (Å²) < 4.78 is 26.7. The third-order valence-corrected chi connectivity index (χ3v) is 5.96. The largest absolute Gasteiger partial charge is 0.496 e. The third-order valence-electron chi connectivity index (χ3n) is 5.96. The lowest BCUT2D eigenvalue weighted by Crippen LogP contribution is -2.40. The molecule has 1 saturated heterocycles. The van der Waals surface area contributed by atoms with Crippen molar-refractivity contribution in [1.82, 2.24) is 4.90 Å². The van der Waals surface area contributed by atoms with Gasteiger partial charge in [-0.25, -0.2) is 0 Å². The number of piperidine rings is 1. The number of carbonyl (C=O) groups is 2. The van der Waals surface area contributed by atoms with Gasteiger partial charge in [0.15, 0.2) is 23.0 Å². The molecule has 2 heterocycles. The fraction of sp³-hybridized carbons (Fsp3) is 0.360. The highest BCUT2D eigenvalue weighted by Crippen LogP contribution is 2.36. The minimum absolute atomic E-state index is 0.0587. The average Bonchev–Trinajstić information content (AvgIpc) is 3.34. The van der Waals surface area contributed by atoms with Gasteiger partial charge in [-0.1, -0.05) is 0 Å². The SMILES string of the molecule is COc1cc(OC)c(OC)cc1/C=C/C(=O)N1CCC(C(=O)Nc2ccc3c(c2)OCO3)CC1. The van der Waals surface area contributed by atoms with Crippen molar-refractivity contribution in [3.8, 4) is 28.7 Å². The maximum atomic E-state index is 12.7. The minimum Gasteiger partial charge on any atom is -0.496 e. The van der Waals surface area contributed by atoms with Gasteiger partial charge in [0.1, 0.15) is 5.75 Å². The van der Waals surface area contributed by atoms with E-state index >= 15 is 0 Å². The number of benzene rings is 2. The number of hydrogen-bond acceptors (Lipinski definition) is 7. The second kappa shape index (κ2) is 10.4. The second-order valence-electron chi connectivity index (χ2n) is 7.94. The van der Waals surface area contributed by atoms with Crippen molar-refractivity contribution in [2.45, 2.75) is 12.8 Å². The van der Waals surface area contributed by atoms with Gasteiger partial charge in [0, 0.05) is 48.5 Å². The van der Waals surface area contributed by atoms with Crippen molar-refractivity contribution in [1.29, 1.82) is 0 Å². The summed E-state index contributed by atoms with van der Waals surface area (Å²) in [7, 11) is 4.66. The Labute approximate surface area is 198 Å². The predicted octanol–water partition coefficient (Wildman–Crippen LogP) is 3.33. The predicted molar refractivity (Wildman–Crippen MR) is 126 cm³/mol. The monoisotopic (exact) mass is 468 g/mol. The van der Waals surface area contributed by atoms with Crippen LogP contribution in [0.25, 0.3) is 6.08 Å². The molecule has 0 aromatic heterocycles. The van der Waals surface area contributed by atoms with Gasteiger partial charge < -0.3 is 33.9 Å². The summed E-state index contributed by atoms with van der Waals surface area (Å²) in [6.07, 6.45) is 4.39. The molecule has 34 heavy (non-hydrogen) atoms. The van der Waals surface area contributed by atoms with Gasteiger partial charge in [-0.3, -0.25) is 9.59 Å². The Kier molecular flexibility index (Phi) is 7.10. The molecule has 0 spiro atoms. The van der Waals surface area contributed by atoms with Gasteiger partial charge >= 0.3 is 0 Å². The van der Waals surface area contributed by atoms with E-state index in [0.29, 0.717) is 65.9 Å². The maximum absolute atomic E-state index is 12.7. The summed E-state index contributed by atoms with van der Waals surface area (Å²) >= 11 is 0. The zero-order chi connectivity index (χ0) is 24.1. The van der Waals surface area contributed by atoms with E-state index in [2.05, 4.69) is 5.32 Å². The Morgan fingerprint density at radius 1 is 0.941 bits per heavy atom. The molecule has 0 aliphatic carbocycles. The number of methoxy groups -OCH3 is 3. The highest BCUT2D eigenvalue weighted by Gasteiger charge is 2.27. The summed E-state index contributed by atoms with van der Waals surface area (Å²) in [5.41, 5.74) is 1.37. The van der Waals surface area contributed by atoms with E-state index in [1.165, 1.54) is 6.08 Å². The number of ether oxygens (including phenoxy) is 5. The summed E-state index contributed by atoms with van der Waals surface area (Å²) in [4.78, 5) is 27.2. The lowest BCUT2D eigenvalue weighted by molar-refractivity contribution is -0.130. The Hall–Kier alpha value is -3.88. The first-order chi connectivity index (χ1) is 16.5. The van der Waals surface area contributed by atoms with Crippen molar-refractivity contribution in [3.05, 3.63) is 42.0 Å². The maximum Gasteiger partial charge on any atom is 0.246 e. The van der Waals surface area contributed by atoms with Crippen LogP contribution in [0.15, 0.2) is 36.4 Å². The van der Waals surface area contributed by atoms with Gasteiger partial charge in [-0.15, -0.1) is 0 Å². The molecular formula is C25H28N2O7. The fourth-order valence-electron chi connectivity index (χ4n) is 4.03. The van der Waals surface area contributed by atoms with Crippen LogP contribution >= 0.6 is 0 Å². The number of nitrogens with zero attached hydrogens (tertiary/aromatic N) is 1. The summed E-state index contributed by atoms with van der Waals surface area (Å²) in [6.45, 7) is 1.20. The van der Waals surface area contributed by atoms with Gasteiger partial charge in [0.25, 0.3) is 0 Å². The molecule has 0 bridgehead atoms. The molecule has 4 rings (SSSR count). The van der Waals surface area contributed by atoms with Crippen LogP contribution in [0.2, 0.25) is 0 Å². The van der Waals surface area contributed by atoms with E-state index < -0.39 is 0 Å². The highest BCUT2D eigenvalue weighted by atomic mass is 16.7. The van der Waals surface area contributed by atoms with E-state index in [1.807, 2.05) is 0 Å². The van der Waals surface area contributed by atoms with Gasteiger partial charge in [0.05, 0.1) is 21.3 Å². The molecule has 9 nitrogen and oxygen atoms in total. The van der Waals surface area contributed by atoms with Crippen molar-refractivity contribution in [2.75, 3.05) is 46.5 Å². The van der Waals surface area contributed by atoms with Crippen molar-refractivity contribution in [3.63, 3.8) is 0 Å². The summed E-state index contributed by atoms with van der Waals surface area (Å²) in [5, 5.41) is 2.94. The topological polar surface area (TPSA) is 95.6 Å². The second-order valence-corrected chi connectivity index (χ2v) is 7.94. The van der Waals surface area contributed by atoms with Crippen molar-refractivity contribution >= 4 is 23.6 Å². The Morgan fingerprint density at radius 3 is 2.32 bits per heavy atom. The Balaban J connectivity index is 1.33. The van der Waals surface area contributed by atoms with Crippen LogP contribution < -0.4 is 29.0 Å². The van der Waals surface area contributed by atoms with Crippen molar-refractivity contribution < 1.29 is 33.3 Å². The number of likely N-dealkylation sites (tertiary alicyclic amines) is 1. The smallest absolute Gasteiger partial charge is 0.246 e. The summed E-state index contributed by atoms with van der Waals surface area (Å²) in [5.74, 6) is 2.61. The molecule has 2 amide bonds. The van der Waals surface area contributed by atoms with Crippen LogP contribution in [-0.4, -0.2) is 57.9 Å². The average molecular weight is 469 g/mol. The van der Waals surface area contributed by atoms with Crippen LogP contribution in [0.5, 0.6) is 28.7 Å². The van der Waals surface area contributed by atoms with E-state index in [0.717, 1.165) is 0 Å². The third kappa shape index (κ3) is 5.03. The number of carbonyl (C=O) groups excluding carboxylic acids is 2. The molecule has 180 valence electrons. The molecule has 1 N–H and O–H groups in total. The van der Waals surface area contributed by atoms with E-state index in [-0.39, 0.29) is 24.5 Å². The number of nitrogens with one attached hydrogen (secondary N) is 1. The van der Waals surface area contributed by atoms with Crippen LogP contribution in [-0.2, 0) is 9.59 Å². The lowest BCUT2D eigenvalue weighted by atomic mass is 9.95. The zero-order valence-corrected chi connectivity index (χ0v) is 19.5. The first-order valence-corrected chi connectivity index (χ1v) is 11.0. The lowest BCUT2D eigenvalue weighted by Gasteiger charge is -2.30. The molecule has 0 atom stereocenters. The quantitative estimate of drug-likeness (QED) is 0.623. The fourth-order valence-corrected chi connectivity index (χ4v) is 4.03. The standard InChI is InChI=1S/C25H28N2O7/c1-30-20-14-22(32-3)21(31-2)12-17(20)4-7-24(28)27-10-8-16(9-11-27)25(29)26-18-5-6-19-23(13-18)34-15-33-19/h4-7,12-14,16H,8-11,15H2,1-3H3,(H,26,29)/b7-4+. The molecule has 2 aliphatic rings.